The van der Waals surface area contributed by atoms with Crippen molar-refractivity contribution in [2.24, 2.45) is 0 Å². The Hall–Kier alpha value is -1.69. The minimum absolute atomic E-state index is 0.0822. The fourth-order valence-electron chi connectivity index (χ4n) is 2.99. The Morgan fingerprint density at radius 3 is 2.70 bits per heavy atom. The summed E-state index contributed by atoms with van der Waals surface area (Å²) < 4.78 is 0. The van der Waals surface area contributed by atoms with Crippen LogP contribution in [-0.4, -0.2) is 60.1 Å². The zero-order valence-corrected chi connectivity index (χ0v) is 14.1. The maximum absolute atomic E-state index is 12.7. The van der Waals surface area contributed by atoms with Crippen molar-refractivity contribution in [3.8, 4) is 10.4 Å². The van der Waals surface area contributed by atoms with Gasteiger partial charge in [-0.3, -0.25) is 9.69 Å². The summed E-state index contributed by atoms with van der Waals surface area (Å²) in [7, 11) is 2.05. The molecule has 0 saturated carbocycles. The van der Waals surface area contributed by atoms with E-state index in [1.165, 1.54) is 4.88 Å². The number of aliphatic hydroxyl groups excluding tert-OH is 1. The number of carbonyl (C=O) groups is 1. The van der Waals surface area contributed by atoms with E-state index in [1.807, 2.05) is 35.2 Å². The minimum atomic E-state index is 0.0822. The second-order valence-corrected chi connectivity index (χ2v) is 6.90. The first-order valence-corrected chi connectivity index (χ1v) is 8.81. The van der Waals surface area contributed by atoms with E-state index < -0.39 is 0 Å². The zero-order chi connectivity index (χ0) is 16.2. The van der Waals surface area contributed by atoms with Crippen molar-refractivity contribution in [1.29, 1.82) is 0 Å². The Balaban J connectivity index is 1.70. The summed E-state index contributed by atoms with van der Waals surface area (Å²) >= 11 is 1.70. The molecule has 3 rings (SSSR count). The van der Waals surface area contributed by atoms with Gasteiger partial charge in [-0.2, -0.15) is 0 Å². The average Bonchev–Trinajstić information content (AvgIpc) is 3.11. The van der Waals surface area contributed by atoms with Gasteiger partial charge in [0.2, 0.25) is 0 Å². The molecule has 122 valence electrons. The third kappa shape index (κ3) is 3.63. The monoisotopic (exact) mass is 330 g/mol. The van der Waals surface area contributed by atoms with Crippen LogP contribution in [0.15, 0.2) is 41.8 Å². The normalized spacial score (nSPS) is 19.0. The van der Waals surface area contributed by atoms with E-state index in [1.54, 1.807) is 11.3 Å². The van der Waals surface area contributed by atoms with Crippen LogP contribution in [-0.2, 0) is 0 Å². The van der Waals surface area contributed by atoms with E-state index in [4.69, 9.17) is 0 Å². The number of nitrogens with zero attached hydrogens (tertiary/aromatic N) is 2. The van der Waals surface area contributed by atoms with Crippen LogP contribution in [0.5, 0.6) is 0 Å². The predicted molar refractivity (Wildman–Crippen MR) is 93.8 cm³/mol. The van der Waals surface area contributed by atoms with Gasteiger partial charge in [0.15, 0.2) is 0 Å². The van der Waals surface area contributed by atoms with Crippen molar-refractivity contribution in [3.63, 3.8) is 0 Å². The third-order valence-electron chi connectivity index (χ3n) is 4.46. The second kappa shape index (κ2) is 7.25. The van der Waals surface area contributed by atoms with Gasteiger partial charge in [0.25, 0.3) is 5.91 Å². The standard InChI is InChI=1S/C18H22N2O2S/c1-19-9-10-20(13-16(19)8-11-21)18(22)15-6-4-14(5-7-15)17-3-2-12-23-17/h2-7,12,16,21H,8-11,13H2,1H3/t16-/m1/s1. The smallest absolute Gasteiger partial charge is 0.253 e. The topological polar surface area (TPSA) is 43.8 Å². The van der Waals surface area contributed by atoms with Gasteiger partial charge in [-0.1, -0.05) is 18.2 Å². The Morgan fingerprint density at radius 1 is 1.26 bits per heavy atom. The van der Waals surface area contributed by atoms with Crippen molar-refractivity contribution in [2.75, 3.05) is 33.3 Å². The molecule has 1 aromatic heterocycles. The molecule has 0 spiro atoms. The molecule has 23 heavy (non-hydrogen) atoms. The lowest BCUT2D eigenvalue weighted by Gasteiger charge is -2.39. The fourth-order valence-corrected chi connectivity index (χ4v) is 3.73. The number of benzene rings is 1. The largest absolute Gasteiger partial charge is 0.396 e. The molecule has 1 aliphatic rings. The molecule has 2 heterocycles. The molecule has 1 saturated heterocycles. The number of piperazine rings is 1. The molecule has 2 aromatic rings. The molecule has 1 aliphatic heterocycles. The highest BCUT2D eigenvalue weighted by Crippen LogP contribution is 2.25. The number of rotatable bonds is 4. The van der Waals surface area contributed by atoms with Crippen molar-refractivity contribution in [2.45, 2.75) is 12.5 Å². The van der Waals surface area contributed by atoms with Crippen LogP contribution < -0.4 is 0 Å². The minimum Gasteiger partial charge on any atom is -0.396 e. The number of likely N-dealkylation sites (N-methyl/N-ethyl adjacent to an activating group) is 1. The van der Waals surface area contributed by atoms with Crippen LogP contribution in [0.25, 0.3) is 10.4 Å². The second-order valence-electron chi connectivity index (χ2n) is 5.95. The number of hydrogen-bond donors (Lipinski definition) is 1. The number of amides is 1. The third-order valence-corrected chi connectivity index (χ3v) is 5.38. The molecule has 0 unspecified atom stereocenters. The van der Waals surface area contributed by atoms with Crippen molar-refractivity contribution < 1.29 is 9.90 Å². The number of aliphatic hydroxyl groups is 1. The molecule has 4 nitrogen and oxygen atoms in total. The molecule has 1 N–H and O–H groups in total. The maximum atomic E-state index is 12.7. The Labute approximate surface area is 141 Å². The van der Waals surface area contributed by atoms with Gasteiger partial charge in [0, 0.05) is 42.7 Å². The molecule has 5 heteroatoms. The van der Waals surface area contributed by atoms with Crippen LogP contribution in [0.1, 0.15) is 16.8 Å². The van der Waals surface area contributed by atoms with E-state index in [-0.39, 0.29) is 18.6 Å². The summed E-state index contributed by atoms with van der Waals surface area (Å²) in [5.74, 6) is 0.0822. The summed E-state index contributed by atoms with van der Waals surface area (Å²) in [5, 5.41) is 11.2. The van der Waals surface area contributed by atoms with Gasteiger partial charge in [0.1, 0.15) is 0 Å². The Bertz CT molecular complexity index is 640. The molecule has 0 bridgehead atoms. The van der Waals surface area contributed by atoms with E-state index >= 15 is 0 Å². The van der Waals surface area contributed by atoms with Gasteiger partial charge in [-0.05, 0) is 42.6 Å². The molecule has 1 fully saturated rings. The lowest BCUT2D eigenvalue weighted by atomic mass is 10.1. The van der Waals surface area contributed by atoms with Crippen molar-refractivity contribution in [3.05, 3.63) is 47.3 Å². The van der Waals surface area contributed by atoms with Gasteiger partial charge in [-0.25, -0.2) is 0 Å². The van der Waals surface area contributed by atoms with E-state index in [9.17, 15) is 9.90 Å². The molecular formula is C18H22N2O2S. The number of thiophene rings is 1. The summed E-state index contributed by atoms with van der Waals surface area (Å²) in [6.07, 6.45) is 0.706. The predicted octanol–water partition coefficient (Wildman–Crippen LogP) is 2.55. The van der Waals surface area contributed by atoms with Gasteiger partial charge >= 0.3 is 0 Å². The van der Waals surface area contributed by atoms with Crippen LogP contribution >= 0.6 is 11.3 Å². The fraction of sp³-hybridized carbons (Fsp3) is 0.389. The SMILES string of the molecule is CN1CCN(C(=O)c2ccc(-c3cccs3)cc2)C[C@H]1CCO. The summed E-state index contributed by atoms with van der Waals surface area (Å²) in [5.41, 5.74) is 1.88. The Morgan fingerprint density at radius 2 is 2.04 bits per heavy atom. The van der Waals surface area contributed by atoms with Crippen LogP contribution in [0.2, 0.25) is 0 Å². The molecular weight excluding hydrogens is 308 g/mol. The van der Waals surface area contributed by atoms with E-state index in [0.29, 0.717) is 13.0 Å². The van der Waals surface area contributed by atoms with Gasteiger partial charge < -0.3 is 10.0 Å². The number of hydrogen-bond acceptors (Lipinski definition) is 4. The summed E-state index contributed by atoms with van der Waals surface area (Å²) in [6, 6.07) is 12.2. The molecule has 0 aliphatic carbocycles. The van der Waals surface area contributed by atoms with Gasteiger partial charge in [-0.15, -0.1) is 11.3 Å². The quantitative estimate of drug-likeness (QED) is 0.937. The molecule has 1 atom stereocenters. The van der Waals surface area contributed by atoms with Gasteiger partial charge in [0.05, 0.1) is 0 Å². The molecule has 1 aromatic carbocycles. The van der Waals surface area contributed by atoms with Crippen molar-refractivity contribution >= 4 is 17.2 Å². The highest BCUT2D eigenvalue weighted by atomic mass is 32.1. The van der Waals surface area contributed by atoms with Crippen LogP contribution in [0, 0.1) is 0 Å². The summed E-state index contributed by atoms with van der Waals surface area (Å²) in [6.45, 7) is 2.43. The average molecular weight is 330 g/mol. The first kappa shape index (κ1) is 16.2. The first-order valence-electron chi connectivity index (χ1n) is 7.93. The van der Waals surface area contributed by atoms with E-state index in [2.05, 4.69) is 23.4 Å². The summed E-state index contributed by atoms with van der Waals surface area (Å²) in [4.78, 5) is 18.0. The number of carbonyl (C=O) groups excluding carboxylic acids is 1. The lowest BCUT2D eigenvalue weighted by Crippen LogP contribution is -2.53. The first-order chi connectivity index (χ1) is 11.2. The molecule has 0 radical (unpaired) electrons. The highest BCUT2D eigenvalue weighted by molar-refractivity contribution is 7.13. The van der Waals surface area contributed by atoms with Crippen LogP contribution in [0.3, 0.4) is 0 Å². The zero-order valence-electron chi connectivity index (χ0n) is 13.3. The Kier molecular flexibility index (Phi) is 5.10. The van der Waals surface area contributed by atoms with E-state index in [0.717, 1.165) is 24.2 Å². The maximum Gasteiger partial charge on any atom is 0.253 e. The highest BCUT2D eigenvalue weighted by Gasteiger charge is 2.27. The molecule has 1 amide bonds. The van der Waals surface area contributed by atoms with Crippen LogP contribution in [0.4, 0.5) is 0 Å². The van der Waals surface area contributed by atoms with Crippen molar-refractivity contribution in [1.82, 2.24) is 9.80 Å². The lowest BCUT2D eigenvalue weighted by molar-refractivity contribution is 0.0500.